The summed E-state index contributed by atoms with van der Waals surface area (Å²) in [6.45, 7) is 7.99. The fraction of sp³-hybridized carbons (Fsp3) is 0.846. The number of hydrogen-bond donors (Lipinski definition) is 1. The van der Waals surface area contributed by atoms with Gasteiger partial charge >= 0.3 is 0 Å². The lowest BCUT2D eigenvalue weighted by molar-refractivity contribution is -0.0260. The van der Waals surface area contributed by atoms with E-state index >= 15 is 0 Å². The molecule has 1 aromatic rings. The Hall–Kier alpha value is -1.40. The molecule has 0 aromatic carbocycles. The van der Waals surface area contributed by atoms with E-state index in [2.05, 4.69) is 23.8 Å². The fourth-order valence-corrected chi connectivity index (χ4v) is 8.12. The van der Waals surface area contributed by atoms with Crippen LogP contribution in [-0.4, -0.2) is 58.5 Å². The van der Waals surface area contributed by atoms with Crippen LogP contribution in [0.25, 0.3) is 0 Å². The van der Waals surface area contributed by atoms with Gasteiger partial charge in [-0.05, 0) is 81.5 Å². The van der Waals surface area contributed by atoms with E-state index < -0.39 is 0 Å². The molecule has 5 aliphatic carbocycles. The number of amides is 1. The molecule has 6 aliphatic rings. The number of fused-ring (bicyclic) bond motifs is 1. The molecule has 1 saturated heterocycles. The first-order valence-electron chi connectivity index (χ1n) is 13.2. The van der Waals surface area contributed by atoms with Crippen LogP contribution >= 0.6 is 0 Å². The first-order valence-corrected chi connectivity index (χ1v) is 13.2. The maximum Gasteiger partial charge on any atom is 0.274 e. The lowest BCUT2D eigenvalue weighted by atomic mass is 9.53. The number of carbonyl (C=O) groups is 1. The number of carbonyl (C=O) groups excluding carboxylic acids is 1. The molecule has 1 atom stereocenters. The van der Waals surface area contributed by atoms with Crippen molar-refractivity contribution in [3.05, 3.63) is 17.0 Å². The lowest BCUT2D eigenvalue weighted by Crippen LogP contribution is -2.61. The Labute approximate surface area is 192 Å². The first-order chi connectivity index (χ1) is 15.5. The van der Waals surface area contributed by atoms with E-state index in [1.807, 2.05) is 4.90 Å². The van der Waals surface area contributed by atoms with Gasteiger partial charge in [-0.2, -0.15) is 5.10 Å². The third-order valence-corrected chi connectivity index (χ3v) is 8.93. The first kappa shape index (κ1) is 21.2. The Morgan fingerprint density at radius 1 is 1.12 bits per heavy atom. The molecule has 6 heteroatoms. The van der Waals surface area contributed by atoms with Gasteiger partial charge in [0.1, 0.15) is 0 Å². The zero-order valence-electron chi connectivity index (χ0n) is 19.9. The van der Waals surface area contributed by atoms with E-state index in [1.54, 1.807) is 0 Å². The summed E-state index contributed by atoms with van der Waals surface area (Å²) in [6.07, 6.45) is 11.8. The molecule has 32 heavy (non-hydrogen) atoms. The zero-order chi connectivity index (χ0) is 21.9. The fourth-order valence-electron chi connectivity index (χ4n) is 8.12. The number of morpholine rings is 1. The summed E-state index contributed by atoms with van der Waals surface area (Å²) in [4.78, 5) is 15.4. The Kier molecular flexibility index (Phi) is 5.37. The highest BCUT2D eigenvalue weighted by atomic mass is 16.5. The Morgan fingerprint density at radius 2 is 1.78 bits per heavy atom. The highest BCUT2D eigenvalue weighted by molar-refractivity contribution is 5.94. The summed E-state index contributed by atoms with van der Waals surface area (Å²) >= 11 is 0. The van der Waals surface area contributed by atoms with Crippen LogP contribution < -0.4 is 5.32 Å². The van der Waals surface area contributed by atoms with Crippen molar-refractivity contribution < 1.29 is 9.53 Å². The molecule has 2 heterocycles. The summed E-state index contributed by atoms with van der Waals surface area (Å²) in [5, 5.41) is 9.14. The van der Waals surface area contributed by atoms with Crippen molar-refractivity contribution in [2.75, 3.05) is 26.3 Å². The van der Waals surface area contributed by atoms with Crippen LogP contribution in [0.15, 0.2) is 0 Å². The van der Waals surface area contributed by atoms with Gasteiger partial charge in [-0.3, -0.25) is 9.48 Å². The third-order valence-electron chi connectivity index (χ3n) is 8.93. The van der Waals surface area contributed by atoms with Gasteiger partial charge in [0.25, 0.3) is 5.91 Å². The molecule has 6 nitrogen and oxygen atoms in total. The predicted octanol–water partition coefficient (Wildman–Crippen LogP) is 3.43. The van der Waals surface area contributed by atoms with Crippen LogP contribution in [0.2, 0.25) is 0 Å². The molecule has 1 amide bonds. The minimum atomic E-state index is 0.113. The second-order valence-corrected chi connectivity index (χ2v) is 12.0. The molecule has 5 fully saturated rings. The summed E-state index contributed by atoms with van der Waals surface area (Å²) < 4.78 is 7.64. The minimum absolute atomic E-state index is 0.113. The Morgan fingerprint density at radius 3 is 2.41 bits per heavy atom. The van der Waals surface area contributed by atoms with Crippen LogP contribution in [0, 0.1) is 23.7 Å². The summed E-state index contributed by atoms with van der Waals surface area (Å²) in [6, 6.07) is 0.478. The number of ether oxygens (including phenoxy) is 1. The predicted molar refractivity (Wildman–Crippen MR) is 124 cm³/mol. The molecule has 4 bridgehead atoms. The minimum Gasteiger partial charge on any atom is -0.378 e. The van der Waals surface area contributed by atoms with Crippen LogP contribution in [0.5, 0.6) is 0 Å². The monoisotopic (exact) mass is 440 g/mol. The summed E-state index contributed by atoms with van der Waals surface area (Å²) in [5.41, 5.74) is 3.65. The molecular formula is C26H40N4O2. The molecular weight excluding hydrogens is 400 g/mol. The van der Waals surface area contributed by atoms with E-state index in [1.165, 1.54) is 56.2 Å². The third kappa shape index (κ3) is 3.81. The van der Waals surface area contributed by atoms with Gasteiger partial charge < -0.3 is 15.0 Å². The topological polar surface area (TPSA) is 59.4 Å². The van der Waals surface area contributed by atoms with Gasteiger partial charge in [-0.25, -0.2) is 0 Å². The van der Waals surface area contributed by atoms with E-state index in [4.69, 9.17) is 9.84 Å². The standard InChI is InChI=1S/C26H40N4O2/c1-17(2)16-30-23-4-3-21(27-26-13-18-9-19(14-26)11-20(10-18)15-26)12-22(23)24(28-30)25(31)29-5-7-32-8-6-29/h17-21,27H,3-16H2,1-2H3. The average Bonchev–Trinajstić information content (AvgIpc) is 3.09. The lowest BCUT2D eigenvalue weighted by Gasteiger charge is -2.58. The van der Waals surface area contributed by atoms with Gasteiger partial charge in [0, 0.05) is 42.5 Å². The summed E-state index contributed by atoms with van der Waals surface area (Å²) in [7, 11) is 0. The molecule has 176 valence electrons. The SMILES string of the molecule is CC(C)Cn1nc(C(=O)N2CCOCC2)c2c1CCC(NC13CC4CC(CC(C4)C1)C3)C2. The molecule has 7 rings (SSSR count). The van der Waals surface area contributed by atoms with Gasteiger partial charge in [0.05, 0.1) is 13.2 Å². The van der Waals surface area contributed by atoms with E-state index in [0.717, 1.165) is 42.8 Å². The molecule has 0 spiro atoms. The van der Waals surface area contributed by atoms with E-state index in [9.17, 15) is 4.79 Å². The Bertz CT molecular complexity index is 834. The maximum absolute atomic E-state index is 13.5. The molecule has 4 saturated carbocycles. The maximum atomic E-state index is 13.5. The van der Waals surface area contributed by atoms with Crippen LogP contribution in [0.4, 0.5) is 0 Å². The average molecular weight is 441 g/mol. The molecule has 0 radical (unpaired) electrons. The van der Waals surface area contributed by atoms with Crippen LogP contribution in [-0.2, 0) is 24.1 Å². The van der Waals surface area contributed by atoms with Gasteiger partial charge in [0.15, 0.2) is 5.69 Å². The molecule has 1 aliphatic heterocycles. The number of aromatic nitrogens is 2. The number of nitrogens with zero attached hydrogens (tertiary/aromatic N) is 3. The van der Waals surface area contributed by atoms with Gasteiger partial charge in [-0.15, -0.1) is 0 Å². The number of nitrogens with one attached hydrogen (secondary N) is 1. The second kappa shape index (κ2) is 8.12. The molecule has 1 N–H and O–H groups in total. The van der Waals surface area contributed by atoms with Gasteiger partial charge in [0.2, 0.25) is 0 Å². The van der Waals surface area contributed by atoms with Crippen molar-refractivity contribution in [1.29, 1.82) is 0 Å². The van der Waals surface area contributed by atoms with Crippen LogP contribution in [0.1, 0.15) is 80.5 Å². The molecule has 1 aromatic heterocycles. The zero-order valence-corrected chi connectivity index (χ0v) is 19.9. The van der Waals surface area contributed by atoms with Crippen molar-refractivity contribution in [1.82, 2.24) is 20.0 Å². The van der Waals surface area contributed by atoms with Crippen molar-refractivity contribution >= 4 is 5.91 Å². The van der Waals surface area contributed by atoms with Gasteiger partial charge in [-0.1, -0.05) is 13.8 Å². The highest BCUT2D eigenvalue weighted by Crippen LogP contribution is 2.56. The molecule has 1 unspecified atom stereocenters. The highest BCUT2D eigenvalue weighted by Gasteiger charge is 2.51. The second-order valence-electron chi connectivity index (χ2n) is 12.0. The van der Waals surface area contributed by atoms with Crippen molar-refractivity contribution in [3.8, 4) is 0 Å². The van der Waals surface area contributed by atoms with Crippen molar-refractivity contribution in [2.45, 2.75) is 89.8 Å². The number of rotatable bonds is 5. The van der Waals surface area contributed by atoms with Crippen molar-refractivity contribution in [3.63, 3.8) is 0 Å². The Balaban J connectivity index is 1.25. The van der Waals surface area contributed by atoms with Crippen molar-refractivity contribution in [2.24, 2.45) is 23.7 Å². The number of hydrogen-bond acceptors (Lipinski definition) is 4. The smallest absolute Gasteiger partial charge is 0.274 e. The quantitative estimate of drug-likeness (QED) is 0.762. The normalized spacial score (nSPS) is 36.0. The largest absolute Gasteiger partial charge is 0.378 e. The summed E-state index contributed by atoms with van der Waals surface area (Å²) in [5.74, 6) is 3.51. The van der Waals surface area contributed by atoms with E-state index in [-0.39, 0.29) is 5.91 Å². The van der Waals surface area contributed by atoms with Crippen LogP contribution in [0.3, 0.4) is 0 Å². The van der Waals surface area contributed by atoms with E-state index in [0.29, 0.717) is 43.8 Å².